The Hall–Kier alpha value is -0.980. The van der Waals surface area contributed by atoms with Crippen molar-refractivity contribution in [2.75, 3.05) is 18.5 Å². The van der Waals surface area contributed by atoms with Crippen molar-refractivity contribution in [3.8, 4) is 0 Å². The van der Waals surface area contributed by atoms with Gasteiger partial charge in [-0.2, -0.15) is 0 Å². The average molecular weight is 296 g/mol. The van der Waals surface area contributed by atoms with Gasteiger partial charge in [0.15, 0.2) is 5.13 Å². The van der Waals surface area contributed by atoms with E-state index < -0.39 is 0 Å². The van der Waals surface area contributed by atoms with Crippen molar-refractivity contribution in [2.24, 2.45) is 0 Å². The van der Waals surface area contributed by atoms with Crippen molar-refractivity contribution in [2.45, 2.75) is 33.4 Å². The van der Waals surface area contributed by atoms with Crippen LogP contribution in [0.4, 0.5) is 5.13 Å². The van der Waals surface area contributed by atoms with Gasteiger partial charge in [0.25, 0.3) is 0 Å². The monoisotopic (exact) mass is 296 g/mol. The smallest absolute Gasteiger partial charge is 0.185 e. The first kappa shape index (κ1) is 14.4. The summed E-state index contributed by atoms with van der Waals surface area (Å²) < 4.78 is 0. The van der Waals surface area contributed by atoms with Crippen LogP contribution in [0.5, 0.6) is 0 Å². The van der Waals surface area contributed by atoms with Crippen LogP contribution in [0, 0.1) is 6.92 Å². The van der Waals surface area contributed by atoms with E-state index in [9.17, 15) is 0 Å². The van der Waals surface area contributed by atoms with Crippen LogP contribution in [0.3, 0.4) is 0 Å². The minimum atomic E-state index is 0.819. The predicted molar refractivity (Wildman–Crippen MR) is 83.1 cm³/mol. The Morgan fingerprint density at radius 1 is 1.21 bits per heavy atom. The van der Waals surface area contributed by atoms with Crippen LogP contribution < -0.4 is 10.2 Å². The van der Waals surface area contributed by atoms with Crippen molar-refractivity contribution in [1.29, 1.82) is 0 Å². The van der Waals surface area contributed by atoms with Gasteiger partial charge in [0, 0.05) is 24.4 Å². The molecule has 0 unspecified atom stereocenters. The van der Waals surface area contributed by atoms with Crippen molar-refractivity contribution < 1.29 is 0 Å². The molecule has 6 heteroatoms. The Labute approximate surface area is 122 Å². The summed E-state index contributed by atoms with van der Waals surface area (Å²) >= 11 is 3.39. The molecule has 0 aliphatic rings. The van der Waals surface area contributed by atoms with Crippen LogP contribution in [0.25, 0.3) is 0 Å². The molecule has 0 saturated carbocycles. The third-order valence-corrected chi connectivity index (χ3v) is 4.49. The van der Waals surface area contributed by atoms with E-state index in [0.29, 0.717) is 0 Å². The fraction of sp³-hybridized carbons (Fsp3) is 0.538. The lowest BCUT2D eigenvalue weighted by atomic mass is 10.4. The Kier molecular flexibility index (Phi) is 5.30. The largest absolute Gasteiger partial charge is 0.345 e. The van der Waals surface area contributed by atoms with Gasteiger partial charge in [-0.1, -0.05) is 6.92 Å². The molecule has 19 heavy (non-hydrogen) atoms. The summed E-state index contributed by atoms with van der Waals surface area (Å²) in [6.07, 6.45) is 1.15. The van der Waals surface area contributed by atoms with Gasteiger partial charge in [0.1, 0.15) is 0 Å². The SMILES string of the molecule is CCCNCc1csc(N(C)Cc2csc(C)n2)n1. The molecule has 0 fully saturated rings. The number of thiazole rings is 2. The number of aromatic nitrogens is 2. The van der Waals surface area contributed by atoms with Gasteiger partial charge >= 0.3 is 0 Å². The van der Waals surface area contributed by atoms with Crippen molar-refractivity contribution in [3.63, 3.8) is 0 Å². The maximum absolute atomic E-state index is 4.64. The Morgan fingerprint density at radius 2 is 2.00 bits per heavy atom. The van der Waals surface area contributed by atoms with E-state index >= 15 is 0 Å². The second-order valence-corrected chi connectivity index (χ2v) is 6.41. The Morgan fingerprint density at radius 3 is 2.68 bits per heavy atom. The van der Waals surface area contributed by atoms with Crippen molar-refractivity contribution in [3.05, 3.63) is 27.2 Å². The molecule has 0 amide bonds. The quantitative estimate of drug-likeness (QED) is 0.797. The molecule has 0 saturated heterocycles. The minimum absolute atomic E-state index is 0.819. The van der Waals surface area contributed by atoms with Crippen LogP contribution in [0.1, 0.15) is 29.7 Å². The summed E-state index contributed by atoms with van der Waals surface area (Å²) in [6.45, 7) is 6.92. The van der Waals surface area contributed by atoms with Crippen molar-refractivity contribution >= 4 is 27.8 Å². The van der Waals surface area contributed by atoms with E-state index in [0.717, 1.165) is 47.6 Å². The number of hydrogen-bond acceptors (Lipinski definition) is 6. The van der Waals surface area contributed by atoms with Gasteiger partial charge in [0.2, 0.25) is 0 Å². The molecule has 2 aromatic heterocycles. The molecule has 0 aromatic carbocycles. The highest BCUT2D eigenvalue weighted by Gasteiger charge is 2.09. The number of nitrogens with zero attached hydrogens (tertiary/aromatic N) is 3. The molecule has 2 heterocycles. The summed E-state index contributed by atoms with van der Waals surface area (Å²) in [7, 11) is 2.07. The van der Waals surface area contributed by atoms with E-state index in [2.05, 4.69) is 44.9 Å². The normalized spacial score (nSPS) is 10.9. The summed E-state index contributed by atoms with van der Waals surface area (Å²) in [5.74, 6) is 0. The zero-order chi connectivity index (χ0) is 13.7. The first-order chi connectivity index (χ1) is 9.19. The lowest BCUT2D eigenvalue weighted by molar-refractivity contribution is 0.666. The third kappa shape index (κ3) is 4.26. The van der Waals surface area contributed by atoms with E-state index in [1.54, 1.807) is 22.7 Å². The van der Waals surface area contributed by atoms with Crippen LogP contribution in [-0.2, 0) is 13.1 Å². The van der Waals surface area contributed by atoms with Gasteiger partial charge in [-0.3, -0.25) is 0 Å². The Balaban J connectivity index is 1.90. The minimum Gasteiger partial charge on any atom is -0.345 e. The standard InChI is InChI=1S/C13H20N4S2/c1-4-5-14-6-11-8-19-13(16-11)17(3)7-12-9-18-10(2)15-12/h8-9,14H,4-7H2,1-3H3. The molecule has 0 bridgehead atoms. The van der Waals surface area contributed by atoms with Gasteiger partial charge in [-0.25, -0.2) is 9.97 Å². The summed E-state index contributed by atoms with van der Waals surface area (Å²) in [5.41, 5.74) is 2.24. The molecule has 0 radical (unpaired) electrons. The molecular weight excluding hydrogens is 276 g/mol. The van der Waals surface area contributed by atoms with E-state index in [-0.39, 0.29) is 0 Å². The molecule has 2 aromatic rings. The van der Waals surface area contributed by atoms with Crippen LogP contribution in [-0.4, -0.2) is 23.6 Å². The third-order valence-electron chi connectivity index (χ3n) is 2.66. The molecule has 4 nitrogen and oxygen atoms in total. The number of aryl methyl sites for hydroxylation is 1. The zero-order valence-corrected chi connectivity index (χ0v) is 13.3. The number of hydrogen-bond donors (Lipinski definition) is 1. The van der Waals surface area contributed by atoms with Crippen LogP contribution >= 0.6 is 22.7 Å². The maximum atomic E-state index is 4.64. The highest BCUT2D eigenvalue weighted by atomic mass is 32.1. The van der Waals surface area contributed by atoms with E-state index in [1.807, 2.05) is 6.92 Å². The maximum Gasteiger partial charge on any atom is 0.185 e. The van der Waals surface area contributed by atoms with Gasteiger partial charge in [-0.05, 0) is 19.9 Å². The summed E-state index contributed by atoms with van der Waals surface area (Å²) in [4.78, 5) is 11.3. The molecule has 104 valence electrons. The summed E-state index contributed by atoms with van der Waals surface area (Å²) in [6, 6.07) is 0. The molecule has 0 atom stereocenters. The van der Waals surface area contributed by atoms with Gasteiger partial charge in [-0.15, -0.1) is 22.7 Å². The molecular formula is C13H20N4S2. The topological polar surface area (TPSA) is 41.0 Å². The highest BCUT2D eigenvalue weighted by Crippen LogP contribution is 2.21. The fourth-order valence-corrected chi connectivity index (χ4v) is 3.13. The lowest BCUT2D eigenvalue weighted by Gasteiger charge is -2.13. The van der Waals surface area contributed by atoms with E-state index in [1.165, 1.54) is 0 Å². The van der Waals surface area contributed by atoms with Crippen molar-refractivity contribution in [1.82, 2.24) is 15.3 Å². The average Bonchev–Trinajstić information content (AvgIpc) is 2.99. The van der Waals surface area contributed by atoms with Gasteiger partial charge in [0.05, 0.1) is 22.9 Å². The first-order valence-electron chi connectivity index (χ1n) is 6.46. The van der Waals surface area contributed by atoms with Gasteiger partial charge < -0.3 is 10.2 Å². The number of nitrogens with one attached hydrogen (secondary N) is 1. The molecule has 0 aliphatic heterocycles. The van der Waals surface area contributed by atoms with E-state index in [4.69, 9.17) is 0 Å². The number of rotatable bonds is 7. The second kappa shape index (κ2) is 6.98. The number of anilines is 1. The highest BCUT2D eigenvalue weighted by molar-refractivity contribution is 7.13. The second-order valence-electron chi connectivity index (χ2n) is 4.51. The predicted octanol–water partition coefficient (Wildman–Crippen LogP) is 3.04. The fourth-order valence-electron chi connectivity index (χ4n) is 1.74. The van der Waals surface area contributed by atoms with Crippen LogP contribution in [0.2, 0.25) is 0 Å². The lowest BCUT2D eigenvalue weighted by Crippen LogP contribution is -2.17. The molecule has 1 N–H and O–H groups in total. The Bertz CT molecular complexity index is 506. The molecule has 2 rings (SSSR count). The molecule has 0 aliphatic carbocycles. The zero-order valence-electron chi connectivity index (χ0n) is 11.6. The molecule has 0 spiro atoms. The summed E-state index contributed by atoms with van der Waals surface area (Å²) in [5, 5.41) is 9.78. The first-order valence-corrected chi connectivity index (χ1v) is 8.22. The van der Waals surface area contributed by atoms with Crippen LogP contribution in [0.15, 0.2) is 10.8 Å².